The van der Waals surface area contributed by atoms with Crippen molar-refractivity contribution in [1.82, 2.24) is 0 Å². The molecule has 0 radical (unpaired) electrons. The van der Waals surface area contributed by atoms with Gasteiger partial charge in [0.2, 0.25) is 6.10 Å². The number of halogens is 6. The van der Waals surface area contributed by atoms with E-state index in [1.165, 1.54) is 0 Å². The maximum atomic E-state index is 12.2. The molecule has 2 aliphatic rings. The third-order valence-corrected chi connectivity index (χ3v) is 3.49. The SMILES string of the molecule is FC(F)(F)C(OCC1CC2C=CC1C2)C(F)(F)F. The van der Waals surface area contributed by atoms with Gasteiger partial charge in [0, 0.05) is 0 Å². The van der Waals surface area contributed by atoms with E-state index < -0.39 is 25.1 Å². The number of fused-ring (bicyclic) bond motifs is 2. The lowest BCUT2D eigenvalue weighted by Gasteiger charge is -2.26. The van der Waals surface area contributed by atoms with Crippen LogP contribution in [0.2, 0.25) is 0 Å². The molecular weight excluding hydrogens is 262 g/mol. The summed E-state index contributed by atoms with van der Waals surface area (Å²) in [7, 11) is 0. The molecule has 2 bridgehead atoms. The molecule has 0 saturated heterocycles. The normalized spacial score (nSPS) is 31.6. The summed E-state index contributed by atoms with van der Waals surface area (Å²) in [6, 6.07) is 0. The Kier molecular flexibility index (Phi) is 3.38. The lowest BCUT2D eigenvalue weighted by Crippen LogP contribution is -2.45. The molecular formula is C11H12F6O. The highest BCUT2D eigenvalue weighted by molar-refractivity contribution is 5.10. The van der Waals surface area contributed by atoms with E-state index in [-0.39, 0.29) is 11.8 Å². The first-order valence-corrected chi connectivity index (χ1v) is 5.61. The van der Waals surface area contributed by atoms with E-state index in [1.807, 2.05) is 12.2 Å². The third-order valence-electron chi connectivity index (χ3n) is 3.49. The van der Waals surface area contributed by atoms with Gasteiger partial charge < -0.3 is 4.74 Å². The van der Waals surface area contributed by atoms with Crippen LogP contribution >= 0.6 is 0 Å². The van der Waals surface area contributed by atoms with E-state index in [0.29, 0.717) is 12.3 Å². The Morgan fingerprint density at radius 2 is 1.61 bits per heavy atom. The Labute approximate surface area is 99.8 Å². The van der Waals surface area contributed by atoms with Crippen LogP contribution in [0.3, 0.4) is 0 Å². The van der Waals surface area contributed by atoms with Crippen molar-refractivity contribution in [2.24, 2.45) is 17.8 Å². The predicted molar refractivity (Wildman–Crippen MR) is 50.7 cm³/mol. The molecule has 1 nitrogen and oxygen atoms in total. The fourth-order valence-corrected chi connectivity index (χ4v) is 2.68. The van der Waals surface area contributed by atoms with Gasteiger partial charge in [0.15, 0.2) is 0 Å². The minimum atomic E-state index is -5.41. The van der Waals surface area contributed by atoms with Gasteiger partial charge in [-0.3, -0.25) is 0 Å². The number of hydrogen-bond donors (Lipinski definition) is 0. The summed E-state index contributed by atoms with van der Waals surface area (Å²) >= 11 is 0. The quantitative estimate of drug-likeness (QED) is 0.563. The standard InChI is InChI=1S/C11H12F6O/c12-10(13,14)9(11(15,16)17)18-5-8-4-6-1-2-7(8)3-6/h1-2,6-9H,3-5H2. The highest BCUT2D eigenvalue weighted by atomic mass is 19.4. The summed E-state index contributed by atoms with van der Waals surface area (Å²) in [4.78, 5) is 0. The lowest BCUT2D eigenvalue weighted by atomic mass is 9.94. The van der Waals surface area contributed by atoms with Gasteiger partial charge in [-0.2, -0.15) is 26.3 Å². The molecule has 0 amide bonds. The number of alkyl halides is 6. The van der Waals surface area contributed by atoms with Crippen LogP contribution in [0.5, 0.6) is 0 Å². The first kappa shape index (κ1) is 13.7. The average molecular weight is 274 g/mol. The summed E-state index contributed by atoms with van der Waals surface area (Å²) in [5.74, 6) is 0.128. The summed E-state index contributed by atoms with van der Waals surface area (Å²) in [6.45, 7) is -0.491. The minimum absolute atomic E-state index is 0.0668. The van der Waals surface area contributed by atoms with Gasteiger partial charge in [-0.25, -0.2) is 0 Å². The largest absolute Gasteiger partial charge is 0.423 e. The van der Waals surface area contributed by atoms with Crippen LogP contribution in [0.4, 0.5) is 26.3 Å². The van der Waals surface area contributed by atoms with Gasteiger partial charge in [-0.15, -0.1) is 0 Å². The summed E-state index contributed by atoms with van der Waals surface area (Å²) in [5.41, 5.74) is 0. The molecule has 0 spiro atoms. The van der Waals surface area contributed by atoms with Crippen LogP contribution < -0.4 is 0 Å². The van der Waals surface area contributed by atoms with Crippen LogP contribution in [0.1, 0.15) is 12.8 Å². The second-order valence-electron chi connectivity index (χ2n) is 4.84. The molecule has 0 aromatic carbocycles. The molecule has 0 aromatic rings. The number of rotatable bonds is 3. The monoisotopic (exact) mass is 274 g/mol. The highest BCUT2D eigenvalue weighted by Gasteiger charge is 2.58. The number of allylic oxidation sites excluding steroid dienone is 2. The van der Waals surface area contributed by atoms with Crippen LogP contribution in [0.25, 0.3) is 0 Å². The fraction of sp³-hybridized carbons (Fsp3) is 0.818. The van der Waals surface area contributed by atoms with Crippen LogP contribution in [-0.4, -0.2) is 25.1 Å². The van der Waals surface area contributed by atoms with Crippen molar-refractivity contribution in [3.8, 4) is 0 Å². The zero-order valence-corrected chi connectivity index (χ0v) is 9.26. The molecule has 1 fully saturated rings. The first-order valence-electron chi connectivity index (χ1n) is 5.61. The second kappa shape index (κ2) is 4.43. The third kappa shape index (κ3) is 2.81. The number of hydrogen-bond acceptors (Lipinski definition) is 1. The first-order chi connectivity index (χ1) is 8.18. The van der Waals surface area contributed by atoms with Gasteiger partial charge in [-0.1, -0.05) is 12.2 Å². The van der Waals surface area contributed by atoms with Crippen LogP contribution in [0.15, 0.2) is 12.2 Å². The van der Waals surface area contributed by atoms with Gasteiger partial charge in [0.25, 0.3) is 0 Å². The molecule has 18 heavy (non-hydrogen) atoms. The van der Waals surface area contributed by atoms with Crippen molar-refractivity contribution >= 4 is 0 Å². The van der Waals surface area contributed by atoms with Crippen molar-refractivity contribution in [2.45, 2.75) is 31.3 Å². The second-order valence-corrected chi connectivity index (χ2v) is 4.84. The van der Waals surface area contributed by atoms with Crippen molar-refractivity contribution in [3.05, 3.63) is 12.2 Å². The molecule has 0 aromatic heterocycles. The topological polar surface area (TPSA) is 9.23 Å². The van der Waals surface area contributed by atoms with Crippen molar-refractivity contribution in [2.75, 3.05) is 6.61 Å². The van der Waals surface area contributed by atoms with E-state index >= 15 is 0 Å². The smallest absolute Gasteiger partial charge is 0.361 e. The molecule has 3 atom stereocenters. The molecule has 0 N–H and O–H groups in total. The van der Waals surface area contributed by atoms with E-state index in [2.05, 4.69) is 4.74 Å². The number of ether oxygens (including phenoxy) is 1. The molecule has 104 valence electrons. The Morgan fingerprint density at radius 1 is 1.00 bits per heavy atom. The zero-order valence-electron chi connectivity index (χ0n) is 9.26. The van der Waals surface area contributed by atoms with E-state index in [1.54, 1.807) is 0 Å². The van der Waals surface area contributed by atoms with E-state index in [4.69, 9.17) is 0 Å². The zero-order chi connectivity index (χ0) is 13.6. The predicted octanol–water partition coefficient (Wildman–Crippen LogP) is 3.71. The van der Waals surface area contributed by atoms with E-state index in [9.17, 15) is 26.3 Å². The van der Waals surface area contributed by atoms with Crippen LogP contribution in [-0.2, 0) is 4.74 Å². The molecule has 3 unspecified atom stereocenters. The van der Waals surface area contributed by atoms with E-state index in [0.717, 1.165) is 6.42 Å². The lowest BCUT2D eigenvalue weighted by molar-refractivity contribution is -0.323. The molecule has 7 heteroatoms. The maximum Gasteiger partial charge on any atom is 0.423 e. The van der Waals surface area contributed by atoms with Crippen molar-refractivity contribution in [3.63, 3.8) is 0 Å². The Hall–Kier alpha value is -0.720. The summed E-state index contributed by atoms with van der Waals surface area (Å²) < 4.78 is 77.4. The van der Waals surface area contributed by atoms with Crippen molar-refractivity contribution < 1.29 is 31.1 Å². The molecule has 1 saturated carbocycles. The average Bonchev–Trinajstić information content (AvgIpc) is 2.74. The van der Waals surface area contributed by atoms with Gasteiger partial charge in [-0.05, 0) is 30.6 Å². The Morgan fingerprint density at radius 3 is 2.00 bits per heavy atom. The minimum Gasteiger partial charge on any atom is -0.361 e. The Balaban J connectivity index is 1.93. The highest BCUT2D eigenvalue weighted by Crippen LogP contribution is 2.44. The van der Waals surface area contributed by atoms with Gasteiger partial charge in [0.05, 0.1) is 6.61 Å². The van der Waals surface area contributed by atoms with Gasteiger partial charge in [0.1, 0.15) is 0 Å². The fourth-order valence-electron chi connectivity index (χ4n) is 2.68. The maximum absolute atomic E-state index is 12.2. The molecule has 2 aliphatic carbocycles. The van der Waals surface area contributed by atoms with Gasteiger partial charge >= 0.3 is 12.4 Å². The Bertz CT molecular complexity index is 317. The molecule has 0 aliphatic heterocycles. The molecule has 2 rings (SSSR count). The van der Waals surface area contributed by atoms with Crippen molar-refractivity contribution in [1.29, 1.82) is 0 Å². The van der Waals surface area contributed by atoms with Crippen LogP contribution in [0, 0.1) is 17.8 Å². The summed E-state index contributed by atoms with van der Waals surface area (Å²) in [5, 5.41) is 0. The summed E-state index contributed by atoms with van der Waals surface area (Å²) in [6.07, 6.45) is -9.24. The molecule has 0 heterocycles.